The van der Waals surface area contributed by atoms with Crippen LogP contribution in [-0.4, -0.2) is 38.1 Å². The first-order valence-electron chi connectivity index (χ1n) is 9.75. The molecule has 0 radical (unpaired) electrons. The van der Waals surface area contributed by atoms with Crippen LogP contribution < -0.4 is 5.56 Å². The number of aromatic amines is 1. The van der Waals surface area contributed by atoms with Crippen LogP contribution in [-0.2, 0) is 0 Å². The summed E-state index contributed by atoms with van der Waals surface area (Å²) in [7, 11) is 0. The maximum atomic E-state index is 13.2. The number of carbonyl (C=O) groups is 1. The number of aromatic hydroxyl groups is 1. The standard InChI is InChI=1S/C23H26N2O4/c1-4-18(25(14(2)3)23(29)15-8-6-5-7-9-15)22(28)17-10-12-19(26)21-16(17)11-13-20(27)24-21/h5-14,18,22,26,28H,4H2,1-3H3,(H,24,27)/t18-,22+/m0/s1. The molecule has 0 saturated carbocycles. The van der Waals surface area contributed by atoms with Crippen LogP contribution in [0.15, 0.2) is 59.4 Å². The van der Waals surface area contributed by atoms with Gasteiger partial charge in [0.05, 0.1) is 11.6 Å². The normalized spacial score (nSPS) is 13.4. The zero-order chi connectivity index (χ0) is 21.1. The summed E-state index contributed by atoms with van der Waals surface area (Å²) in [5.74, 6) is -0.217. The summed E-state index contributed by atoms with van der Waals surface area (Å²) >= 11 is 0. The van der Waals surface area contributed by atoms with E-state index in [4.69, 9.17) is 0 Å². The maximum Gasteiger partial charge on any atom is 0.254 e. The Hall–Kier alpha value is -3.12. The van der Waals surface area contributed by atoms with Gasteiger partial charge in [0.15, 0.2) is 0 Å². The number of phenolic OH excluding ortho intramolecular Hbond substituents is 1. The van der Waals surface area contributed by atoms with E-state index in [2.05, 4.69) is 4.98 Å². The first kappa shape index (κ1) is 20.6. The quantitative estimate of drug-likeness (QED) is 0.595. The second-order valence-electron chi connectivity index (χ2n) is 7.38. The number of pyridine rings is 1. The first-order valence-corrected chi connectivity index (χ1v) is 9.75. The third-order valence-electron chi connectivity index (χ3n) is 5.18. The predicted octanol–water partition coefficient (Wildman–Crippen LogP) is 3.60. The molecule has 0 bridgehead atoms. The number of nitrogens with one attached hydrogen (secondary N) is 1. The van der Waals surface area contributed by atoms with Crippen molar-refractivity contribution in [2.24, 2.45) is 0 Å². The second kappa shape index (κ2) is 8.49. The fraction of sp³-hybridized carbons (Fsp3) is 0.304. The number of rotatable bonds is 6. The molecule has 0 unspecified atom stereocenters. The molecular formula is C23H26N2O4. The summed E-state index contributed by atoms with van der Waals surface area (Å²) < 4.78 is 0. The van der Waals surface area contributed by atoms with Crippen LogP contribution in [0.25, 0.3) is 10.9 Å². The Morgan fingerprint density at radius 2 is 1.76 bits per heavy atom. The van der Waals surface area contributed by atoms with Crippen molar-refractivity contribution in [2.75, 3.05) is 0 Å². The van der Waals surface area contributed by atoms with Crippen LogP contribution >= 0.6 is 0 Å². The van der Waals surface area contributed by atoms with Gasteiger partial charge in [-0.2, -0.15) is 0 Å². The van der Waals surface area contributed by atoms with Crippen LogP contribution in [0.4, 0.5) is 0 Å². The van der Waals surface area contributed by atoms with Gasteiger partial charge < -0.3 is 20.1 Å². The van der Waals surface area contributed by atoms with E-state index in [0.717, 1.165) is 0 Å². The lowest BCUT2D eigenvalue weighted by Crippen LogP contribution is -2.47. The summed E-state index contributed by atoms with van der Waals surface area (Å²) in [6.45, 7) is 5.76. The van der Waals surface area contributed by atoms with Gasteiger partial charge in [-0.3, -0.25) is 9.59 Å². The number of H-pyrrole nitrogens is 1. The molecule has 3 aromatic rings. The molecule has 29 heavy (non-hydrogen) atoms. The molecule has 6 nitrogen and oxygen atoms in total. The van der Waals surface area contributed by atoms with Crippen LogP contribution in [0.1, 0.15) is 49.2 Å². The summed E-state index contributed by atoms with van der Waals surface area (Å²) in [5, 5.41) is 21.9. The molecule has 0 fully saturated rings. The van der Waals surface area contributed by atoms with Crippen LogP contribution in [0, 0.1) is 0 Å². The van der Waals surface area contributed by atoms with Crippen molar-refractivity contribution < 1.29 is 15.0 Å². The Bertz CT molecular complexity index is 1060. The summed E-state index contributed by atoms with van der Waals surface area (Å²) in [5.41, 5.74) is 1.04. The molecule has 2 atom stereocenters. The highest BCUT2D eigenvalue weighted by atomic mass is 16.3. The van der Waals surface area contributed by atoms with Crippen molar-refractivity contribution in [3.8, 4) is 5.75 Å². The number of hydrogen-bond acceptors (Lipinski definition) is 4. The summed E-state index contributed by atoms with van der Waals surface area (Å²) in [6, 6.07) is 14.4. The van der Waals surface area contributed by atoms with Crippen molar-refractivity contribution in [3.05, 3.63) is 76.1 Å². The van der Waals surface area contributed by atoms with Gasteiger partial charge in [-0.15, -0.1) is 0 Å². The number of fused-ring (bicyclic) bond motifs is 1. The molecular weight excluding hydrogens is 368 g/mol. The number of amides is 1. The molecule has 0 aliphatic carbocycles. The van der Waals surface area contributed by atoms with Crippen LogP contribution in [0.2, 0.25) is 0 Å². The topological polar surface area (TPSA) is 93.6 Å². The predicted molar refractivity (Wildman–Crippen MR) is 113 cm³/mol. The molecule has 152 valence electrons. The Morgan fingerprint density at radius 3 is 2.38 bits per heavy atom. The monoisotopic (exact) mass is 394 g/mol. The highest BCUT2D eigenvalue weighted by molar-refractivity contribution is 5.94. The fourth-order valence-corrected chi connectivity index (χ4v) is 3.79. The molecule has 3 N–H and O–H groups in total. The van der Waals surface area contributed by atoms with Gasteiger partial charge in [-0.05, 0) is 50.1 Å². The Morgan fingerprint density at radius 1 is 1.07 bits per heavy atom. The highest BCUT2D eigenvalue weighted by Crippen LogP contribution is 2.33. The van der Waals surface area contributed by atoms with Crippen molar-refractivity contribution in [1.29, 1.82) is 0 Å². The van der Waals surface area contributed by atoms with Gasteiger partial charge >= 0.3 is 0 Å². The van der Waals surface area contributed by atoms with E-state index in [1.807, 2.05) is 39.0 Å². The number of aromatic nitrogens is 1. The average Bonchev–Trinajstić information content (AvgIpc) is 2.72. The first-order chi connectivity index (χ1) is 13.8. The minimum absolute atomic E-state index is 0.0669. The van der Waals surface area contributed by atoms with E-state index in [-0.39, 0.29) is 28.8 Å². The molecule has 1 amide bonds. The number of carbonyl (C=O) groups excluding carboxylic acids is 1. The molecule has 0 aliphatic heterocycles. The Kier molecular flexibility index (Phi) is 6.03. The molecule has 6 heteroatoms. The number of aliphatic hydroxyl groups is 1. The van der Waals surface area contributed by atoms with E-state index >= 15 is 0 Å². The van der Waals surface area contributed by atoms with Crippen LogP contribution in [0.5, 0.6) is 5.75 Å². The van der Waals surface area contributed by atoms with Gasteiger partial charge in [-0.1, -0.05) is 31.2 Å². The number of aliphatic hydroxyl groups excluding tert-OH is 1. The maximum absolute atomic E-state index is 13.2. The van der Waals surface area contributed by atoms with Crippen molar-refractivity contribution in [1.82, 2.24) is 9.88 Å². The average molecular weight is 394 g/mol. The third-order valence-corrected chi connectivity index (χ3v) is 5.18. The van der Waals surface area contributed by atoms with Gasteiger partial charge in [0.1, 0.15) is 11.9 Å². The van der Waals surface area contributed by atoms with Crippen molar-refractivity contribution in [2.45, 2.75) is 45.4 Å². The molecule has 1 heterocycles. The molecule has 0 aliphatic rings. The molecule has 3 rings (SSSR count). The van der Waals surface area contributed by atoms with E-state index in [0.29, 0.717) is 22.9 Å². The van der Waals surface area contributed by atoms with Gasteiger partial charge in [-0.25, -0.2) is 0 Å². The van der Waals surface area contributed by atoms with E-state index in [9.17, 15) is 19.8 Å². The second-order valence-corrected chi connectivity index (χ2v) is 7.38. The highest BCUT2D eigenvalue weighted by Gasteiger charge is 2.32. The SMILES string of the molecule is CC[C@@H]([C@H](O)c1ccc(O)c2[nH]c(=O)ccc12)N(C(=O)c1ccccc1)C(C)C. The minimum atomic E-state index is -0.996. The lowest BCUT2D eigenvalue weighted by molar-refractivity contribution is 0.0234. The molecule has 2 aromatic carbocycles. The zero-order valence-electron chi connectivity index (χ0n) is 16.8. The van der Waals surface area contributed by atoms with Gasteiger partial charge in [0, 0.05) is 23.1 Å². The molecule has 0 spiro atoms. The van der Waals surface area contributed by atoms with Crippen molar-refractivity contribution >= 4 is 16.8 Å². The minimum Gasteiger partial charge on any atom is -0.506 e. The Balaban J connectivity index is 2.06. The fourth-order valence-electron chi connectivity index (χ4n) is 3.79. The molecule has 0 saturated heterocycles. The van der Waals surface area contributed by atoms with Gasteiger partial charge in [0.2, 0.25) is 5.56 Å². The lowest BCUT2D eigenvalue weighted by Gasteiger charge is -2.38. The zero-order valence-corrected chi connectivity index (χ0v) is 16.8. The van der Waals surface area contributed by atoms with E-state index in [1.54, 1.807) is 29.2 Å². The number of phenols is 1. The van der Waals surface area contributed by atoms with Gasteiger partial charge in [0.25, 0.3) is 5.91 Å². The smallest absolute Gasteiger partial charge is 0.254 e. The lowest BCUT2D eigenvalue weighted by atomic mass is 9.93. The summed E-state index contributed by atoms with van der Waals surface area (Å²) in [6.07, 6.45) is -0.465. The number of hydrogen-bond donors (Lipinski definition) is 3. The third kappa shape index (κ3) is 4.03. The largest absolute Gasteiger partial charge is 0.506 e. The number of benzene rings is 2. The Labute approximate surface area is 169 Å². The number of nitrogens with zero attached hydrogens (tertiary/aromatic N) is 1. The van der Waals surface area contributed by atoms with Crippen molar-refractivity contribution in [3.63, 3.8) is 0 Å². The van der Waals surface area contributed by atoms with E-state index < -0.39 is 12.1 Å². The van der Waals surface area contributed by atoms with Crippen LogP contribution in [0.3, 0.4) is 0 Å². The summed E-state index contributed by atoms with van der Waals surface area (Å²) in [4.78, 5) is 29.2. The van der Waals surface area contributed by atoms with E-state index in [1.165, 1.54) is 12.1 Å². The molecule has 1 aromatic heterocycles.